The first-order chi connectivity index (χ1) is 11.7. The highest BCUT2D eigenvalue weighted by Gasteiger charge is 2.21. The summed E-state index contributed by atoms with van der Waals surface area (Å²) in [6, 6.07) is 14.0. The molecule has 0 spiro atoms. The normalized spacial score (nSPS) is 12.5. The maximum atomic E-state index is 12.4. The Morgan fingerprint density at radius 3 is 2.04 bits per heavy atom. The van der Waals surface area contributed by atoms with Crippen LogP contribution in [0.25, 0.3) is 0 Å². The average Bonchev–Trinajstić information content (AvgIpc) is 2.55. The zero-order chi connectivity index (χ0) is 18.6. The summed E-state index contributed by atoms with van der Waals surface area (Å²) in [5.41, 5.74) is 3.57. The predicted molar refractivity (Wildman–Crippen MR) is 98.9 cm³/mol. The highest BCUT2D eigenvalue weighted by atomic mass is 16.4. The van der Waals surface area contributed by atoms with Gasteiger partial charge in [-0.05, 0) is 35.6 Å². The summed E-state index contributed by atoms with van der Waals surface area (Å²) in [6.45, 7) is 8.28. The van der Waals surface area contributed by atoms with Gasteiger partial charge < -0.3 is 10.4 Å². The second-order valence-electron chi connectivity index (χ2n) is 7.38. The van der Waals surface area contributed by atoms with Gasteiger partial charge in [-0.25, -0.2) is 4.79 Å². The van der Waals surface area contributed by atoms with E-state index in [-0.39, 0.29) is 17.7 Å². The van der Waals surface area contributed by atoms with Crippen molar-refractivity contribution in [3.05, 3.63) is 70.8 Å². The summed E-state index contributed by atoms with van der Waals surface area (Å²) in [5, 5.41) is 12.0. The molecule has 0 aliphatic heterocycles. The lowest BCUT2D eigenvalue weighted by Crippen LogP contribution is -2.42. The fourth-order valence-corrected chi connectivity index (χ4v) is 2.52. The van der Waals surface area contributed by atoms with Gasteiger partial charge >= 0.3 is 5.97 Å². The van der Waals surface area contributed by atoms with E-state index in [0.717, 1.165) is 16.7 Å². The van der Waals surface area contributed by atoms with E-state index in [4.69, 9.17) is 0 Å². The van der Waals surface area contributed by atoms with Crippen LogP contribution in [-0.2, 0) is 16.6 Å². The van der Waals surface area contributed by atoms with Crippen molar-refractivity contribution >= 4 is 11.9 Å². The summed E-state index contributed by atoms with van der Waals surface area (Å²) in [7, 11) is 0. The maximum Gasteiger partial charge on any atom is 0.326 e. The molecule has 0 aliphatic rings. The van der Waals surface area contributed by atoms with E-state index in [1.807, 2.05) is 43.3 Å². The molecule has 0 fully saturated rings. The third kappa shape index (κ3) is 5.18. The molecule has 0 heterocycles. The first kappa shape index (κ1) is 18.7. The van der Waals surface area contributed by atoms with Crippen LogP contribution in [0.2, 0.25) is 0 Å². The van der Waals surface area contributed by atoms with Crippen molar-refractivity contribution in [2.24, 2.45) is 0 Å². The molecule has 2 aromatic rings. The molecule has 0 aliphatic carbocycles. The Balaban J connectivity index is 2.09. The molecule has 4 nitrogen and oxygen atoms in total. The van der Waals surface area contributed by atoms with Crippen LogP contribution >= 0.6 is 0 Å². The summed E-state index contributed by atoms with van der Waals surface area (Å²) < 4.78 is 0. The van der Waals surface area contributed by atoms with E-state index in [9.17, 15) is 14.7 Å². The van der Waals surface area contributed by atoms with Crippen LogP contribution in [0.1, 0.15) is 47.8 Å². The van der Waals surface area contributed by atoms with Gasteiger partial charge in [0.15, 0.2) is 0 Å². The van der Waals surface area contributed by atoms with Gasteiger partial charge in [-0.3, -0.25) is 4.79 Å². The molecular weight excluding hydrogens is 314 g/mol. The van der Waals surface area contributed by atoms with Crippen LogP contribution in [0.15, 0.2) is 48.5 Å². The zero-order valence-electron chi connectivity index (χ0n) is 15.2. The van der Waals surface area contributed by atoms with E-state index < -0.39 is 12.0 Å². The molecule has 2 N–H and O–H groups in total. The van der Waals surface area contributed by atoms with Crippen molar-refractivity contribution < 1.29 is 14.7 Å². The number of carbonyl (C=O) groups excluding carboxylic acids is 1. The van der Waals surface area contributed by atoms with Gasteiger partial charge in [-0.15, -0.1) is 0 Å². The maximum absolute atomic E-state index is 12.4. The van der Waals surface area contributed by atoms with Gasteiger partial charge in [0.25, 0.3) is 5.91 Å². The summed E-state index contributed by atoms with van der Waals surface area (Å²) in [6.07, 6.45) is 0.251. The van der Waals surface area contributed by atoms with Gasteiger partial charge in [0.2, 0.25) is 0 Å². The Morgan fingerprint density at radius 1 is 1.00 bits per heavy atom. The molecule has 0 bridgehead atoms. The Morgan fingerprint density at radius 2 is 1.56 bits per heavy atom. The van der Waals surface area contributed by atoms with E-state index in [2.05, 4.69) is 26.1 Å². The van der Waals surface area contributed by atoms with Crippen LogP contribution in [-0.4, -0.2) is 23.0 Å². The number of amides is 1. The summed E-state index contributed by atoms with van der Waals surface area (Å²) in [5.74, 6) is -1.42. The third-order valence-electron chi connectivity index (χ3n) is 4.18. The molecule has 0 saturated carbocycles. The standard InChI is InChI=1S/C21H25NO3/c1-14-5-7-15(8-6-14)13-18(20(24)25)22-19(23)16-9-11-17(12-10-16)21(2,3)4/h5-12,18H,13H2,1-4H3,(H,22,23)(H,24,25)/t18-/m1/s1. The molecule has 1 atom stereocenters. The lowest BCUT2D eigenvalue weighted by atomic mass is 9.86. The largest absolute Gasteiger partial charge is 0.480 e. The summed E-state index contributed by atoms with van der Waals surface area (Å²) >= 11 is 0. The van der Waals surface area contributed by atoms with Gasteiger partial charge in [0.1, 0.15) is 6.04 Å². The van der Waals surface area contributed by atoms with Crippen molar-refractivity contribution in [3.63, 3.8) is 0 Å². The van der Waals surface area contributed by atoms with Crippen LogP contribution in [0.3, 0.4) is 0 Å². The number of rotatable bonds is 5. The molecule has 2 rings (SSSR count). The molecular formula is C21H25NO3. The predicted octanol–water partition coefficient (Wildman–Crippen LogP) is 3.72. The molecule has 0 saturated heterocycles. The van der Waals surface area contributed by atoms with Gasteiger partial charge in [0.05, 0.1) is 0 Å². The van der Waals surface area contributed by atoms with E-state index in [1.165, 1.54) is 0 Å². The number of carboxylic acid groups (broad SMARTS) is 1. The van der Waals surface area contributed by atoms with Crippen molar-refractivity contribution in [3.8, 4) is 0 Å². The zero-order valence-corrected chi connectivity index (χ0v) is 15.2. The average molecular weight is 339 g/mol. The van der Waals surface area contributed by atoms with Crippen LogP contribution in [0.5, 0.6) is 0 Å². The van der Waals surface area contributed by atoms with E-state index >= 15 is 0 Å². The lowest BCUT2D eigenvalue weighted by molar-refractivity contribution is -0.139. The molecule has 2 aromatic carbocycles. The fraction of sp³-hybridized carbons (Fsp3) is 0.333. The summed E-state index contributed by atoms with van der Waals surface area (Å²) in [4.78, 5) is 23.9. The first-order valence-corrected chi connectivity index (χ1v) is 8.36. The number of aliphatic carboxylic acids is 1. The molecule has 1 amide bonds. The minimum atomic E-state index is -1.04. The lowest BCUT2D eigenvalue weighted by Gasteiger charge is -2.19. The van der Waals surface area contributed by atoms with Gasteiger partial charge in [-0.2, -0.15) is 0 Å². The Bertz CT molecular complexity index is 740. The Labute approximate surface area is 148 Å². The molecule has 0 radical (unpaired) electrons. The van der Waals surface area contributed by atoms with Crippen LogP contribution in [0.4, 0.5) is 0 Å². The number of carbonyl (C=O) groups is 2. The number of hydrogen-bond donors (Lipinski definition) is 2. The molecule has 0 unspecified atom stereocenters. The minimum absolute atomic E-state index is 0.00401. The Kier molecular flexibility index (Phi) is 5.62. The van der Waals surface area contributed by atoms with Crippen molar-refractivity contribution in [1.29, 1.82) is 0 Å². The quantitative estimate of drug-likeness (QED) is 0.872. The number of benzene rings is 2. The number of hydrogen-bond acceptors (Lipinski definition) is 2. The number of aryl methyl sites for hydroxylation is 1. The van der Waals surface area contributed by atoms with E-state index in [1.54, 1.807) is 12.1 Å². The topological polar surface area (TPSA) is 66.4 Å². The second kappa shape index (κ2) is 7.51. The first-order valence-electron chi connectivity index (χ1n) is 8.36. The highest BCUT2D eigenvalue weighted by Crippen LogP contribution is 2.22. The van der Waals surface area contributed by atoms with Crippen LogP contribution < -0.4 is 5.32 Å². The van der Waals surface area contributed by atoms with Crippen molar-refractivity contribution in [2.75, 3.05) is 0 Å². The van der Waals surface area contributed by atoms with Crippen LogP contribution in [0, 0.1) is 6.92 Å². The highest BCUT2D eigenvalue weighted by molar-refractivity contribution is 5.96. The van der Waals surface area contributed by atoms with Gasteiger partial charge in [0, 0.05) is 12.0 Å². The monoisotopic (exact) mass is 339 g/mol. The van der Waals surface area contributed by atoms with E-state index in [0.29, 0.717) is 5.56 Å². The molecule has 25 heavy (non-hydrogen) atoms. The molecule has 132 valence electrons. The fourth-order valence-electron chi connectivity index (χ4n) is 2.52. The Hall–Kier alpha value is -2.62. The third-order valence-corrected chi connectivity index (χ3v) is 4.18. The molecule has 4 heteroatoms. The number of carboxylic acids is 1. The van der Waals surface area contributed by atoms with Gasteiger partial charge in [-0.1, -0.05) is 62.7 Å². The molecule has 0 aromatic heterocycles. The van der Waals surface area contributed by atoms with Crippen molar-refractivity contribution in [1.82, 2.24) is 5.32 Å². The van der Waals surface area contributed by atoms with Crippen molar-refractivity contribution in [2.45, 2.75) is 45.6 Å². The number of nitrogens with one attached hydrogen (secondary N) is 1. The minimum Gasteiger partial charge on any atom is -0.480 e. The SMILES string of the molecule is Cc1ccc(C[C@@H](NC(=O)c2ccc(C(C)(C)C)cc2)C(=O)O)cc1. The second-order valence-corrected chi connectivity index (χ2v) is 7.38. The smallest absolute Gasteiger partial charge is 0.326 e.